The Bertz CT molecular complexity index is 919. The van der Waals surface area contributed by atoms with Crippen LogP contribution in [0.3, 0.4) is 0 Å². The standard InChI is InChI=1S/C22H25N3OS2/c26-21(15-24-11-4-8-18(24)20-10-5-13-27-20)25-12-3-6-16(14-25)22-23-17-7-1-2-9-19(17)28-22/h1-2,5,7,9-10,13,16,18H,3-4,6,8,11-12,14-15H2/p+1/t16-,18+/m0/s1. The smallest absolute Gasteiger partial charge is 0.277 e. The number of hydrogen-bond donors (Lipinski definition) is 1. The van der Waals surface area contributed by atoms with E-state index in [4.69, 9.17) is 4.98 Å². The van der Waals surface area contributed by atoms with Crippen LogP contribution in [0.15, 0.2) is 41.8 Å². The Balaban J connectivity index is 1.26. The first-order valence-electron chi connectivity index (χ1n) is 10.3. The summed E-state index contributed by atoms with van der Waals surface area (Å²) >= 11 is 3.63. The van der Waals surface area contributed by atoms with Crippen molar-refractivity contribution in [3.8, 4) is 0 Å². The predicted octanol–water partition coefficient (Wildman–Crippen LogP) is 3.48. The first-order valence-corrected chi connectivity index (χ1v) is 12.0. The fourth-order valence-corrected chi connectivity index (χ4v) is 6.75. The fourth-order valence-electron chi connectivity index (χ4n) is 4.73. The molecule has 6 heteroatoms. The number of carbonyl (C=O) groups excluding carboxylic acids is 1. The van der Waals surface area contributed by atoms with E-state index in [0.717, 1.165) is 38.0 Å². The predicted molar refractivity (Wildman–Crippen MR) is 115 cm³/mol. The van der Waals surface area contributed by atoms with Crippen molar-refractivity contribution in [2.75, 3.05) is 26.2 Å². The zero-order valence-electron chi connectivity index (χ0n) is 16.0. The molecule has 1 aromatic carbocycles. The third kappa shape index (κ3) is 3.61. The highest BCUT2D eigenvalue weighted by molar-refractivity contribution is 7.18. The van der Waals surface area contributed by atoms with Gasteiger partial charge in [0.25, 0.3) is 5.91 Å². The maximum Gasteiger partial charge on any atom is 0.277 e. The van der Waals surface area contributed by atoms with E-state index in [2.05, 4.69) is 40.6 Å². The Morgan fingerprint density at radius 3 is 2.96 bits per heavy atom. The minimum Gasteiger partial charge on any atom is -0.337 e. The molecule has 2 aliphatic rings. The lowest BCUT2D eigenvalue weighted by atomic mass is 9.98. The third-order valence-electron chi connectivity index (χ3n) is 6.18. The first kappa shape index (κ1) is 18.3. The Morgan fingerprint density at radius 1 is 1.18 bits per heavy atom. The Labute approximate surface area is 173 Å². The number of thiazole rings is 1. The number of rotatable bonds is 4. The summed E-state index contributed by atoms with van der Waals surface area (Å²) < 4.78 is 1.25. The number of nitrogens with one attached hydrogen (secondary N) is 1. The summed E-state index contributed by atoms with van der Waals surface area (Å²) in [6, 6.07) is 13.2. The molecule has 0 radical (unpaired) electrons. The van der Waals surface area contributed by atoms with E-state index in [0.29, 0.717) is 24.4 Å². The number of thiophene rings is 1. The molecule has 0 aliphatic carbocycles. The maximum absolute atomic E-state index is 13.1. The minimum atomic E-state index is 0.323. The van der Waals surface area contributed by atoms with Gasteiger partial charge in [-0.3, -0.25) is 4.79 Å². The Kier molecular flexibility index (Phi) is 5.18. The zero-order chi connectivity index (χ0) is 18.9. The summed E-state index contributed by atoms with van der Waals surface area (Å²) in [6.45, 7) is 3.48. The third-order valence-corrected chi connectivity index (χ3v) is 8.37. The summed E-state index contributed by atoms with van der Waals surface area (Å²) in [5.74, 6) is 0.709. The van der Waals surface area contributed by atoms with Crippen LogP contribution in [0.25, 0.3) is 10.2 Å². The number of nitrogens with zero attached hydrogens (tertiary/aromatic N) is 2. The van der Waals surface area contributed by atoms with Gasteiger partial charge in [-0.15, -0.1) is 22.7 Å². The monoisotopic (exact) mass is 412 g/mol. The van der Waals surface area contributed by atoms with Gasteiger partial charge in [-0.1, -0.05) is 18.2 Å². The van der Waals surface area contributed by atoms with Gasteiger partial charge in [0, 0.05) is 31.8 Å². The molecule has 1 amide bonds. The van der Waals surface area contributed by atoms with Crippen LogP contribution in [-0.2, 0) is 4.79 Å². The normalized spacial score (nSPS) is 25.4. The van der Waals surface area contributed by atoms with Gasteiger partial charge in [-0.2, -0.15) is 0 Å². The molecule has 4 heterocycles. The van der Waals surface area contributed by atoms with E-state index in [-0.39, 0.29) is 0 Å². The highest BCUT2D eigenvalue weighted by atomic mass is 32.1. The highest BCUT2D eigenvalue weighted by Crippen LogP contribution is 2.33. The quantitative estimate of drug-likeness (QED) is 0.712. The van der Waals surface area contributed by atoms with Crippen molar-refractivity contribution >= 4 is 38.8 Å². The number of likely N-dealkylation sites (tertiary alicyclic amines) is 2. The molecule has 2 saturated heterocycles. The van der Waals surface area contributed by atoms with E-state index in [1.54, 1.807) is 11.3 Å². The van der Waals surface area contributed by atoms with Crippen molar-refractivity contribution in [2.45, 2.75) is 37.6 Å². The Hall–Kier alpha value is -1.76. The van der Waals surface area contributed by atoms with Gasteiger partial charge in [-0.25, -0.2) is 4.98 Å². The first-order chi connectivity index (χ1) is 13.8. The molecule has 2 fully saturated rings. The number of benzene rings is 1. The Morgan fingerprint density at radius 2 is 2.11 bits per heavy atom. The van der Waals surface area contributed by atoms with Gasteiger partial charge in [0.05, 0.1) is 26.6 Å². The molecular weight excluding hydrogens is 386 g/mol. The molecule has 0 spiro atoms. The van der Waals surface area contributed by atoms with E-state index in [9.17, 15) is 4.79 Å². The van der Waals surface area contributed by atoms with Gasteiger partial charge >= 0.3 is 0 Å². The topological polar surface area (TPSA) is 37.6 Å². The molecule has 2 aromatic heterocycles. The number of quaternary nitrogens is 1. The van der Waals surface area contributed by atoms with E-state index in [1.807, 2.05) is 17.4 Å². The second-order valence-electron chi connectivity index (χ2n) is 7.99. The molecule has 3 atom stereocenters. The average Bonchev–Trinajstić information content (AvgIpc) is 3.47. The number of para-hydroxylation sites is 1. The van der Waals surface area contributed by atoms with E-state index >= 15 is 0 Å². The van der Waals surface area contributed by atoms with E-state index in [1.165, 1.54) is 32.3 Å². The minimum absolute atomic E-state index is 0.323. The summed E-state index contributed by atoms with van der Waals surface area (Å²) in [6.07, 6.45) is 4.64. The molecule has 4 nitrogen and oxygen atoms in total. The lowest BCUT2D eigenvalue weighted by Crippen LogP contribution is -3.11. The lowest BCUT2D eigenvalue weighted by Gasteiger charge is -2.32. The molecule has 0 saturated carbocycles. The largest absolute Gasteiger partial charge is 0.337 e. The zero-order valence-corrected chi connectivity index (χ0v) is 17.6. The van der Waals surface area contributed by atoms with Crippen LogP contribution < -0.4 is 4.90 Å². The molecule has 5 rings (SSSR count). The summed E-state index contributed by atoms with van der Waals surface area (Å²) in [4.78, 5) is 23.0. The molecule has 1 unspecified atom stereocenters. The van der Waals surface area contributed by atoms with Gasteiger partial charge in [0.1, 0.15) is 6.04 Å². The molecule has 2 aliphatic heterocycles. The van der Waals surface area contributed by atoms with Gasteiger partial charge in [-0.05, 0) is 36.4 Å². The lowest BCUT2D eigenvalue weighted by molar-refractivity contribution is -0.910. The number of amides is 1. The van der Waals surface area contributed by atoms with Crippen LogP contribution in [-0.4, -0.2) is 42.0 Å². The molecule has 0 bridgehead atoms. The maximum atomic E-state index is 13.1. The molecule has 146 valence electrons. The van der Waals surface area contributed by atoms with Crippen molar-refractivity contribution in [3.63, 3.8) is 0 Å². The SMILES string of the molecule is O=C(C[NH+]1CCC[C@@H]1c1cccs1)N1CCC[C@H](c2nc3ccccc3s2)C1. The second-order valence-corrected chi connectivity index (χ2v) is 10.0. The molecule has 28 heavy (non-hydrogen) atoms. The average molecular weight is 413 g/mol. The van der Waals surface area contributed by atoms with Crippen molar-refractivity contribution in [3.05, 3.63) is 51.7 Å². The van der Waals surface area contributed by atoms with Gasteiger partial charge in [0.2, 0.25) is 0 Å². The number of hydrogen-bond acceptors (Lipinski definition) is 4. The fraction of sp³-hybridized carbons (Fsp3) is 0.455. The van der Waals surface area contributed by atoms with Crippen molar-refractivity contribution < 1.29 is 9.69 Å². The second kappa shape index (κ2) is 7.93. The van der Waals surface area contributed by atoms with Crippen LogP contribution in [0.1, 0.15) is 47.5 Å². The summed E-state index contributed by atoms with van der Waals surface area (Å²) in [5.41, 5.74) is 1.09. The molecule has 1 N–H and O–H groups in total. The van der Waals surface area contributed by atoms with Gasteiger partial charge < -0.3 is 9.80 Å². The number of piperidine rings is 1. The van der Waals surface area contributed by atoms with Crippen molar-refractivity contribution in [2.24, 2.45) is 0 Å². The van der Waals surface area contributed by atoms with Crippen LogP contribution in [0.5, 0.6) is 0 Å². The highest BCUT2D eigenvalue weighted by Gasteiger charge is 2.35. The van der Waals surface area contributed by atoms with Gasteiger partial charge in [0.15, 0.2) is 6.54 Å². The number of carbonyl (C=O) groups is 1. The van der Waals surface area contributed by atoms with Crippen molar-refractivity contribution in [1.29, 1.82) is 0 Å². The number of fused-ring (bicyclic) bond motifs is 1. The summed E-state index contributed by atoms with van der Waals surface area (Å²) in [5, 5.41) is 3.35. The van der Waals surface area contributed by atoms with E-state index < -0.39 is 0 Å². The molecular formula is C22H26N3OS2+. The van der Waals surface area contributed by atoms with Crippen LogP contribution in [0, 0.1) is 0 Å². The number of aromatic nitrogens is 1. The van der Waals surface area contributed by atoms with Crippen LogP contribution in [0.2, 0.25) is 0 Å². The van der Waals surface area contributed by atoms with Crippen molar-refractivity contribution in [1.82, 2.24) is 9.88 Å². The van der Waals surface area contributed by atoms with Crippen LogP contribution >= 0.6 is 22.7 Å². The summed E-state index contributed by atoms with van der Waals surface area (Å²) in [7, 11) is 0. The molecule has 3 aromatic rings. The van der Waals surface area contributed by atoms with Crippen LogP contribution in [0.4, 0.5) is 0 Å².